The molecule has 0 saturated carbocycles. The molecule has 3 atom stereocenters. The molecule has 0 aromatic rings. The Hall–Kier alpha value is -1.28. The molecule has 0 aliphatic heterocycles. The van der Waals surface area contributed by atoms with Crippen molar-refractivity contribution >= 4 is 13.7 Å². The van der Waals surface area contributed by atoms with Crippen molar-refractivity contribution in [2.45, 2.75) is 225 Å². The number of phosphoric ester groups is 1. The summed E-state index contributed by atoms with van der Waals surface area (Å²) in [5, 5.41) is 13.7. The van der Waals surface area contributed by atoms with Gasteiger partial charge in [0.2, 0.25) is 5.91 Å². The Morgan fingerprint density at radius 3 is 1.42 bits per heavy atom. The van der Waals surface area contributed by atoms with Gasteiger partial charge in [0.1, 0.15) is 13.2 Å². The lowest BCUT2D eigenvalue weighted by atomic mass is 10.0. The minimum atomic E-state index is -4.60. The normalized spacial score (nSPS) is 14.6. The van der Waals surface area contributed by atoms with Gasteiger partial charge in [-0.05, 0) is 44.9 Å². The van der Waals surface area contributed by atoms with Crippen molar-refractivity contribution in [1.82, 2.24) is 5.32 Å². The highest BCUT2D eigenvalue weighted by atomic mass is 31.2. The van der Waals surface area contributed by atoms with Gasteiger partial charge in [0.25, 0.3) is 7.82 Å². The van der Waals surface area contributed by atoms with Gasteiger partial charge >= 0.3 is 0 Å². The first-order chi connectivity index (χ1) is 27.5. The summed E-state index contributed by atoms with van der Waals surface area (Å²) in [4.78, 5) is 25.3. The van der Waals surface area contributed by atoms with E-state index in [1.54, 1.807) is 6.08 Å². The molecule has 0 aliphatic rings. The molecule has 0 rings (SSSR count). The van der Waals surface area contributed by atoms with Crippen molar-refractivity contribution in [2.24, 2.45) is 0 Å². The summed E-state index contributed by atoms with van der Waals surface area (Å²) in [6.07, 6.45) is 49.2. The standard InChI is InChI=1S/C48H93N2O6P/c1-6-8-10-12-14-16-18-20-21-22-23-24-25-26-27-28-30-32-34-36-38-40-42-48(52)49-46(45-56-57(53,54)55-44-43-50(3,4)5)47(51)41-39-37-35-33-31-29-19-17-15-13-11-9-7-2/h15,17,31,33,39,41,46-47,51H,6-14,16,18-30,32,34-38,40,42-45H2,1-5H3,(H-,49,52,53,54)/b17-15+,33-31+,41-39+. The number of phosphoric acid groups is 1. The predicted octanol–water partition coefficient (Wildman–Crippen LogP) is 12.8. The van der Waals surface area contributed by atoms with Crippen molar-refractivity contribution < 1.29 is 32.9 Å². The van der Waals surface area contributed by atoms with Crippen LogP contribution in [0.25, 0.3) is 0 Å². The van der Waals surface area contributed by atoms with E-state index in [0.717, 1.165) is 51.4 Å². The zero-order valence-electron chi connectivity index (χ0n) is 38.0. The molecule has 9 heteroatoms. The number of rotatable bonds is 43. The van der Waals surface area contributed by atoms with Gasteiger partial charge in [-0.25, -0.2) is 0 Å². The molecule has 0 bridgehead atoms. The average molecular weight is 825 g/mol. The molecule has 1 amide bonds. The second-order valence-electron chi connectivity index (χ2n) is 17.5. The molecule has 3 unspecified atom stereocenters. The number of amides is 1. The molecule has 0 aromatic carbocycles. The second kappa shape index (κ2) is 40.1. The van der Waals surface area contributed by atoms with E-state index >= 15 is 0 Å². The van der Waals surface area contributed by atoms with Crippen LogP contribution in [0.4, 0.5) is 0 Å². The van der Waals surface area contributed by atoms with Gasteiger partial charge in [0.15, 0.2) is 0 Å². The van der Waals surface area contributed by atoms with Gasteiger partial charge in [0.05, 0.1) is 39.9 Å². The quantitative estimate of drug-likeness (QED) is 0.0274. The number of aliphatic hydroxyl groups is 1. The molecular formula is C48H93N2O6P. The SMILES string of the molecule is CCCCC/C=C/CC/C=C/CC/C=C/C(O)C(COP(=O)([O-])OCC[N+](C)(C)C)NC(=O)CCCCCCCCCCCCCCCCCCCCCCCC. The Labute approximate surface area is 353 Å². The zero-order chi connectivity index (χ0) is 42.1. The summed E-state index contributed by atoms with van der Waals surface area (Å²) in [6.45, 7) is 4.59. The molecule has 57 heavy (non-hydrogen) atoms. The van der Waals surface area contributed by atoms with Gasteiger partial charge in [-0.15, -0.1) is 0 Å². The zero-order valence-corrected chi connectivity index (χ0v) is 38.9. The molecule has 0 radical (unpaired) electrons. The third-order valence-corrected chi connectivity index (χ3v) is 11.5. The highest BCUT2D eigenvalue weighted by Crippen LogP contribution is 2.38. The fourth-order valence-corrected chi connectivity index (χ4v) is 7.50. The maximum atomic E-state index is 12.9. The third-order valence-electron chi connectivity index (χ3n) is 10.6. The largest absolute Gasteiger partial charge is 0.756 e. The van der Waals surface area contributed by atoms with Gasteiger partial charge < -0.3 is 28.8 Å². The Bertz CT molecular complexity index is 1030. The van der Waals surface area contributed by atoms with E-state index in [2.05, 4.69) is 43.5 Å². The minimum absolute atomic E-state index is 0.00791. The van der Waals surface area contributed by atoms with Crippen LogP contribution in [0, 0.1) is 0 Å². The molecule has 0 heterocycles. The molecule has 2 N–H and O–H groups in total. The molecule has 0 fully saturated rings. The fourth-order valence-electron chi connectivity index (χ4n) is 6.77. The number of hydrogen-bond acceptors (Lipinski definition) is 6. The number of nitrogens with zero attached hydrogens (tertiary/aromatic N) is 1. The Morgan fingerprint density at radius 2 is 0.982 bits per heavy atom. The number of likely N-dealkylation sites (N-methyl/N-ethyl adjacent to an activating group) is 1. The van der Waals surface area contributed by atoms with Gasteiger partial charge in [-0.1, -0.05) is 198 Å². The molecule has 8 nitrogen and oxygen atoms in total. The lowest BCUT2D eigenvalue weighted by Gasteiger charge is -2.29. The van der Waals surface area contributed by atoms with Crippen LogP contribution < -0.4 is 10.2 Å². The van der Waals surface area contributed by atoms with E-state index in [1.165, 1.54) is 141 Å². The van der Waals surface area contributed by atoms with Crippen molar-refractivity contribution in [1.29, 1.82) is 0 Å². The molecular weight excluding hydrogens is 732 g/mol. The molecule has 0 aliphatic carbocycles. The Balaban J connectivity index is 4.30. The van der Waals surface area contributed by atoms with E-state index in [9.17, 15) is 19.4 Å². The number of allylic oxidation sites excluding steroid dienone is 5. The highest BCUT2D eigenvalue weighted by molar-refractivity contribution is 7.45. The van der Waals surface area contributed by atoms with Gasteiger partial charge in [0, 0.05) is 6.42 Å². The second-order valence-corrected chi connectivity index (χ2v) is 18.9. The number of aliphatic hydroxyl groups excluding tert-OH is 1. The van der Waals surface area contributed by atoms with E-state index in [-0.39, 0.29) is 12.5 Å². The van der Waals surface area contributed by atoms with Crippen molar-refractivity contribution in [3.63, 3.8) is 0 Å². The van der Waals surface area contributed by atoms with Gasteiger partial charge in [-0.3, -0.25) is 9.36 Å². The minimum Gasteiger partial charge on any atom is -0.756 e. The topological polar surface area (TPSA) is 108 Å². The summed E-state index contributed by atoms with van der Waals surface area (Å²) in [5.41, 5.74) is 0. The highest BCUT2D eigenvalue weighted by Gasteiger charge is 2.23. The van der Waals surface area contributed by atoms with Crippen LogP contribution in [0.15, 0.2) is 36.5 Å². The van der Waals surface area contributed by atoms with E-state index in [1.807, 2.05) is 27.2 Å². The van der Waals surface area contributed by atoms with Crippen LogP contribution in [0.1, 0.15) is 213 Å². The Kier molecular flexibility index (Phi) is 39.2. The Morgan fingerprint density at radius 1 is 0.596 bits per heavy atom. The number of quaternary nitrogens is 1. The number of unbranched alkanes of at least 4 members (excludes halogenated alkanes) is 26. The van der Waals surface area contributed by atoms with Crippen LogP contribution in [0.3, 0.4) is 0 Å². The van der Waals surface area contributed by atoms with Crippen LogP contribution in [0.2, 0.25) is 0 Å². The first-order valence-corrected chi connectivity index (χ1v) is 25.3. The maximum Gasteiger partial charge on any atom is 0.268 e. The fraction of sp³-hybridized carbons (Fsp3) is 0.854. The third kappa shape index (κ3) is 42.6. The van der Waals surface area contributed by atoms with Gasteiger partial charge in [-0.2, -0.15) is 0 Å². The van der Waals surface area contributed by atoms with E-state index in [0.29, 0.717) is 17.4 Å². The maximum absolute atomic E-state index is 12.9. The summed E-state index contributed by atoms with van der Waals surface area (Å²) < 4.78 is 23.2. The van der Waals surface area contributed by atoms with Crippen LogP contribution in [0.5, 0.6) is 0 Å². The van der Waals surface area contributed by atoms with Crippen LogP contribution in [-0.2, 0) is 18.4 Å². The molecule has 0 aromatic heterocycles. The van der Waals surface area contributed by atoms with Crippen molar-refractivity contribution in [3.05, 3.63) is 36.5 Å². The van der Waals surface area contributed by atoms with Crippen molar-refractivity contribution in [2.75, 3.05) is 40.9 Å². The number of carbonyl (C=O) groups excluding carboxylic acids is 1. The summed E-state index contributed by atoms with van der Waals surface area (Å²) in [6, 6.07) is -0.905. The molecule has 336 valence electrons. The van der Waals surface area contributed by atoms with Crippen LogP contribution in [-0.4, -0.2) is 68.5 Å². The summed E-state index contributed by atoms with van der Waals surface area (Å²) in [7, 11) is 1.24. The first-order valence-electron chi connectivity index (χ1n) is 23.9. The first kappa shape index (κ1) is 55.7. The average Bonchev–Trinajstić information content (AvgIpc) is 3.16. The molecule has 0 saturated heterocycles. The smallest absolute Gasteiger partial charge is 0.268 e. The monoisotopic (exact) mass is 825 g/mol. The summed E-state index contributed by atoms with van der Waals surface area (Å²) >= 11 is 0. The lowest BCUT2D eigenvalue weighted by molar-refractivity contribution is -0.870. The molecule has 0 spiro atoms. The van der Waals surface area contributed by atoms with Crippen molar-refractivity contribution in [3.8, 4) is 0 Å². The number of hydrogen-bond donors (Lipinski definition) is 2. The van der Waals surface area contributed by atoms with E-state index in [4.69, 9.17) is 9.05 Å². The number of carbonyl (C=O) groups is 1. The van der Waals surface area contributed by atoms with Crippen LogP contribution >= 0.6 is 7.82 Å². The lowest BCUT2D eigenvalue weighted by Crippen LogP contribution is -2.45. The summed E-state index contributed by atoms with van der Waals surface area (Å²) in [5.74, 6) is -0.210. The van der Waals surface area contributed by atoms with E-state index < -0.39 is 26.6 Å². The predicted molar refractivity (Wildman–Crippen MR) is 242 cm³/mol. The number of nitrogens with one attached hydrogen (secondary N) is 1.